The number of carboxylic acid groups (broad SMARTS) is 2. The summed E-state index contributed by atoms with van der Waals surface area (Å²) in [6, 6.07) is 4.43. The minimum absolute atomic E-state index is 0.0446. The molecule has 1 aromatic rings. The molecule has 1 aliphatic rings. The number of aliphatic carboxylic acids is 2. The lowest BCUT2D eigenvalue weighted by Crippen LogP contribution is -2.35. The Morgan fingerprint density at radius 1 is 1.14 bits per heavy atom. The normalized spacial score (nSPS) is 14.0. The molecule has 7 nitrogen and oxygen atoms in total. The Labute approximate surface area is 132 Å². The maximum absolute atomic E-state index is 11.6. The number of amides is 1. The van der Waals surface area contributed by atoms with Crippen molar-refractivity contribution in [3.8, 4) is 0 Å². The van der Waals surface area contributed by atoms with Crippen molar-refractivity contribution in [1.82, 2.24) is 10.6 Å². The van der Waals surface area contributed by atoms with Gasteiger partial charge in [-0.25, -0.2) is 9.59 Å². The number of nitrogens with one attached hydrogen (secondary N) is 2. The van der Waals surface area contributed by atoms with Crippen LogP contribution in [0.4, 0.5) is 0 Å². The van der Waals surface area contributed by atoms with E-state index in [1.165, 1.54) is 37.0 Å². The molecule has 1 fully saturated rings. The summed E-state index contributed by atoms with van der Waals surface area (Å²) < 4.78 is 0. The molecule has 1 aliphatic carbocycles. The first kappa shape index (κ1) is 18.1. The van der Waals surface area contributed by atoms with E-state index in [2.05, 4.69) is 10.6 Å². The Morgan fingerprint density at radius 3 is 2.27 bits per heavy atom. The Hall–Kier alpha value is -1.93. The maximum Gasteiger partial charge on any atom is 0.414 e. The standard InChI is InChI=1S/C12H18N2OS.C2H2O4/c15-12(11-6-3-9-16-11)14-8-7-13-10-4-1-2-5-10;3-1(4)2(5)6/h3,6,9-10,13H,1-2,4-5,7-8H2,(H,14,15);(H,3,4)(H,5,6). The molecule has 0 bridgehead atoms. The number of carboxylic acids is 2. The molecule has 1 amide bonds. The molecular weight excluding hydrogens is 308 g/mol. The zero-order valence-electron chi connectivity index (χ0n) is 12.1. The van der Waals surface area contributed by atoms with Crippen LogP contribution in [0.25, 0.3) is 0 Å². The predicted molar refractivity (Wildman–Crippen MR) is 82.2 cm³/mol. The van der Waals surface area contributed by atoms with Crippen LogP contribution < -0.4 is 10.6 Å². The second-order valence-corrected chi connectivity index (χ2v) is 5.73. The molecule has 0 atom stereocenters. The fourth-order valence-electron chi connectivity index (χ4n) is 2.08. The second-order valence-electron chi connectivity index (χ2n) is 4.78. The number of carbonyl (C=O) groups is 3. The van der Waals surface area contributed by atoms with Gasteiger partial charge in [0.15, 0.2) is 0 Å². The van der Waals surface area contributed by atoms with Gasteiger partial charge in [0.05, 0.1) is 4.88 Å². The summed E-state index contributed by atoms with van der Waals surface area (Å²) in [7, 11) is 0. The number of hydrogen-bond donors (Lipinski definition) is 4. The summed E-state index contributed by atoms with van der Waals surface area (Å²) in [5, 5.41) is 23.1. The van der Waals surface area contributed by atoms with Gasteiger partial charge in [0, 0.05) is 19.1 Å². The molecule has 0 spiro atoms. The van der Waals surface area contributed by atoms with E-state index in [1.54, 1.807) is 0 Å². The van der Waals surface area contributed by atoms with Gasteiger partial charge >= 0.3 is 11.9 Å². The summed E-state index contributed by atoms with van der Waals surface area (Å²) in [5.41, 5.74) is 0. The van der Waals surface area contributed by atoms with Crippen molar-refractivity contribution in [1.29, 1.82) is 0 Å². The summed E-state index contributed by atoms with van der Waals surface area (Å²) in [5.74, 6) is -3.60. The zero-order valence-corrected chi connectivity index (χ0v) is 12.9. The first-order valence-corrected chi connectivity index (χ1v) is 7.90. The van der Waals surface area contributed by atoms with Gasteiger partial charge in [-0.15, -0.1) is 11.3 Å². The fourth-order valence-corrected chi connectivity index (χ4v) is 2.72. The quantitative estimate of drug-likeness (QED) is 0.476. The zero-order chi connectivity index (χ0) is 16.4. The van der Waals surface area contributed by atoms with Crippen LogP contribution in [0.15, 0.2) is 17.5 Å². The molecule has 8 heteroatoms. The van der Waals surface area contributed by atoms with Crippen LogP contribution in [0, 0.1) is 0 Å². The third-order valence-corrected chi connectivity index (χ3v) is 4.00. The minimum atomic E-state index is -1.82. The Kier molecular flexibility index (Phi) is 8.16. The van der Waals surface area contributed by atoms with E-state index >= 15 is 0 Å². The molecule has 0 unspecified atom stereocenters. The van der Waals surface area contributed by atoms with Crippen molar-refractivity contribution in [2.24, 2.45) is 0 Å². The fraction of sp³-hybridized carbons (Fsp3) is 0.500. The van der Waals surface area contributed by atoms with Crippen molar-refractivity contribution in [2.75, 3.05) is 13.1 Å². The van der Waals surface area contributed by atoms with Gasteiger partial charge in [-0.1, -0.05) is 18.9 Å². The number of carbonyl (C=O) groups excluding carboxylic acids is 1. The van der Waals surface area contributed by atoms with Crippen LogP contribution in [-0.4, -0.2) is 47.2 Å². The third kappa shape index (κ3) is 7.19. The Morgan fingerprint density at radius 2 is 1.77 bits per heavy atom. The molecular formula is C14H20N2O5S. The van der Waals surface area contributed by atoms with E-state index in [0.717, 1.165) is 11.4 Å². The summed E-state index contributed by atoms with van der Waals surface area (Å²) >= 11 is 1.48. The van der Waals surface area contributed by atoms with E-state index < -0.39 is 11.9 Å². The monoisotopic (exact) mass is 328 g/mol. The number of hydrogen-bond acceptors (Lipinski definition) is 5. The van der Waals surface area contributed by atoms with Crippen LogP contribution in [0.3, 0.4) is 0 Å². The lowest BCUT2D eigenvalue weighted by molar-refractivity contribution is -0.159. The smallest absolute Gasteiger partial charge is 0.414 e. The van der Waals surface area contributed by atoms with Crippen molar-refractivity contribution < 1.29 is 24.6 Å². The van der Waals surface area contributed by atoms with Gasteiger partial charge in [-0.3, -0.25) is 4.79 Å². The van der Waals surface area contributed by atoms with Crippen LogP contribution in [0.2, 0.25) is 0 Å². The third-order valence-electron chi connectivity index (χ3n) is 3.13. The highest BCUT2D eigenvalue weighted by atomic mass is 32.1. The van der Waals surface area contributed by atoms with Crippen LogP contribution in [0.5, 0.6) is 0 Å². The Balaban J connectivity index is 0.000000346. The minimum Gasteiger partial charge on any atom is -0.473 e. The number of rotatable bonds is 5. The van der Waals surface area contributed by atoms with Gasteiger partial charge in [0.2, 0.25) is 0 Å². The molecule has 0 aromatic carbocycles. The molecule has 22 heavy (non-hydrogen) atoms. The molecule has 122 valence electrons. The molecule has 1 aromatic heterocycles. The molecule has 0 aliphatic heterocycles. The van der Waals surface area contributed by atoms with Gasteiger partial charge in [0.25, 0.3) is 5.91 Å². The molecule has 0 radical (unpaired) electrons. The lowest BCUT2D eigenvalue weighted by Gasteiger charge is -2.11. The van der Waals surface area contributed by atoms with Crippen LogP contribution >= 0.6 is 11.3 Å². The largest absolute Gasteiger partial charge is 0.473 e. The Bertz CT molecular complexity index is 471. The lowest BCUT2D eigenvalue weighted by atomic mass is 10.2. The summed E-state index contributed by atoms with van der Waals surface area (Å²) in [4.78, 5) is 30.6. The van der Waals surface area contributed by atoms with Gasteiger partial charge in [0.1, 0.15) is 0 Å². The van der Waals surface area contributed by atoms with Crippen LogP contribution in [-0.2, 0) is 9.59 Å². The SMILES string of the molecule is O=C(NCCNC1CCCC1)c1cccs1.O=C(O)C(=O)O. The first-order chi connectivity index (χ1) is 10.5. The summed E-state index contributed by atoms with van der Waals surface area (Å²) in [6.07, 6.45) is 5.27. The van der Waals surface area contributed by atoms with Crippen molar-refractivity contribution in [3.63, 3.8) is 0 Å². The highest BCUT2D eigenvalue weighted by molar-refractivity contribution is 7.12. The summed E-state index contributed by atoms with van der Waals surface area (Å²) in [6.45, 7) is 1.59. The van der Waals surface area contributed by atoms with E-state index in [1.807, 2.05) is 17.5 Å². The van der Waals surface area contributed by atoms with Crippen LogP contribution in [0.1, 0.15) is 35.4 Å². The second kappa shape index (κ2) is 9.91. The van der Waals surface area contributed by atoms with Crippen molar-refractivity contribution >= 4 is 29.2 Å². The topological polar surface area (TPSA) is 116 Å². The predicted octanol–water partition coefficient (Wildman–Crippen LogP) is 1.17. The number of thiophene rings is 1. The van der Waals surface area contributed by atoms with Crippen molar-refractivity contribution in [2.45, 2.75) is 31.7 Å². The van der Waals surface area contributed by atoms with E-state index in [0.29, 0.717) is 12.6 Å². The first-order valence-electron chi connectivity index (χ1n) is 7.02. The average Bonchev–Trinajstić information content (AvgIpc) is 3.16. The molecule has 2 rings (SSSR count). The van der Waals surface area contributed by atoms with Gasteiger partial charge in [-0.2, -0.15) is 0 Å². The highest BCUT2D eigenvalue weighted by Crippen LogP contribution is 2.17. The molecule has 1 heterocycles. The average molecular weight is 328 g/mol. The van der Waals surface area contributed by atoms with E-state index in [-0.39, 0.29) is 5.91 Å². The van der Waals surface area contributed by atoms with Crippen molar-refractivity contribution in [3.05, 3.63) is 22.4 Å². The van der Waals surface area contributed by atoms with E-state index in [4.69, 9.17) is 19.8 Å². The van der Waals surface area contributed by atoms with E-state index in [9.17, 15) is 4.79 Å². The molecule has 1 saturated carbocycles. The van der Waals surface area contributed by atoms with Gasteiger partial charge in [-0.05, 0) is 24.3 Å². The van der Waals surface area contributed by atoms with Gasteiger partial charge < -0.3 is 20.8 Å². The maximum atomic E-state index is 11.6. The highest BCUT2D eigenvalue weighted by Gasteiger charge is 2.13. The molecule has 0 saturated heterocycles. The molecule has 4 N–H and O–H groups in total.